The van der Waals surface area contributed by atoms with Crippen LogP contribution in [0.25, 0.3) is 10.8 Å². The number of hydrogen-bond acceptors (Lipinski definition) is 3. The Morgan fingerprint density at radius 2 is 1.91 bits per heavy atom. The Morgan fingerprint density at radius 1 is 1.22 bits per heavy atom. The zero-order valence-electron chi connectivity index (χ0n) is 13.0. The summed E-state index contributed by atoms with van der Waals surface area (Å²) in [5, 5.41) is 13.7. The Labute approximate surface area is 134 Å². The summed E-state index contributed by atoms with van der Waals surface area (Å²) in [6.07, 6.45) is 0. The van der Waals surface area contributed by atoms with Gasteiger partial charge in [-0.2, -0.15) is 5.26 Å². The van der Waals surface area contributed by atoms with Gasteiger partial charge in [-0.05, 0) is 30.2 Å². The molecule has 0 saturated carbocycles. The number of amides is 3. The highest BCUT2D eigenvalue weighted by atomic mass is 16.2. The SMILES string of the molecule is C[C@H](C#N)CN1C(=O)N[C@@](C)(c2cccc3ccccc23)C1=O. The van der Waals surface area contributed by atoms with Gasteiger partial charge in [0.05, 0.1) is 12.0 Å². The van der Waals surface area contributed by atoms with Crippen molar-refractivity contribution in [1.29, 1.82) is 5.26 Å². The van der Waals surface area contributed by atoms with Crippen LogP contribution < -0.4 is 5.32 Å². The second-order valence-corrected chi connectivity index (χ2v) is 6.03. The first-order chi connectivity index (χ1) is 11.0. The molecule has 0 bridgehead atoms. The lowest BCUT2D eigenvalue weighted by atomic mass is 9.87. The fourth-order valence-corrected chi connectivity index (χ4v) is 3.02. The van der Waals surface area contributed by atoms with Gasteiger partial charge in [-0.3, -0.25) is 9.69 Å². The van der Waals surface area contributed by atoms with Crippen LogP contribution in [-0.4, -0.2) is 23.4 Å². The summed E-state index contributed by atoms with van der Waals surface area (Å²) < 4.78 is 0. The maximum absolute atomic E-state index is 12.9. The molecule has 1 heterocycles. The molecule has 5 heteroatoms. The van der Waals surface area contributed by atoms with E-state index in [0.29, 0.717) is 0 Å². The first-order valence-electron chi connectivity index (χ1n) is 7.49. The van der Waals surface area contributed by atoms with Gasteiger partial charge in [-0.25, -0.2) is 4.79 Å². The second kappa shape index (κ2) is 5.40. The smallest absolute Gasteiger partial charge is 0.319 e. The van der Waals surface area contributed by atoms with Gasteiger partial charge in [-0.1, -0.05) is 42.5 Å². The molecule has 5 nitrogen and oxygen atoms in total. The van der Waals surface area contributed by atoms with Gasteiger partial charge in [0.1, 0.15) is 5.54 Å². The van der Waals surface area contributed by atoms with Crippen LogP contribution in [-0.2, 0) is 10.3 Å². The predicted octanol–water partition coefficient (Wildman–Crippen LogP) is 2.77. The van der Waals surface area contributed by atoms with Crippen LogP contribution in [0.15, 0.2) is 42.5 Å². The summed E-state index contributed by atoms with van der Waals surface area (Å²) in [5.74, 6) is -0.722. The number of urea groups is 1. The van der Waals surface area contributed by atoms with Crippen LogP contribution in [0.4, 0.5) is 4.79 Å². The van der Waals surface area contributed by atoms with Crippen molar-refractivity contribution < 1.29 is 9.59 Å². The van der Waals surface area contributed by atoms with E-state index in [1.807, 2.05) is 42.5 Å². The maximum atomic E-state index is 12.9. The highest BCUT2D eigenvalue weighted by Crippen LogP contribution is 2.34. The number of fused-ring (bicyclic) bond motifs is 1. The first-order valence-corrected chi connectivity index (χ1v) is 7.49. The largest absolute Gasteiger partial charge is 0.325 e. The van der Waals surface area contributed by atoms with Gasteiger partial charge in [0.25, 0.3) is 5.91 Å². The normalized spacial score (nSPS) is 22.0. The van der Waals surface area contributed by atoms with Crippen molar-refractivity contribution in [1.82, 2.24) is 10.2 Å². The zero-order chi connectivity index (χ0) is 16.6. The van der Waals surface area contributed by atoms with Crippen LogP contribution >= 0.6 is 0 Å². The van der Waals surface area contributed by atoms with Crippen molar-refractivity contribution in [3.05, 3.63) is 48.0 Å². The Balaban J connectivity index is 2.07. The van der Waals surface area contributed by atoms with Gasteiger partial charge in [0, 0.05) is 6.54 Å². The molecule has 1 fully saturated rings. The Kier molecular flexibility index (Phi) is 3.53. The number of nitrogens with zero attached hydrogens (tertiary/aromatic N) is 2. The van der Waals surface area contributed by atoms with E-state index in [9.17, 15) is 9.59 Å². The number of imide groups is 1. The average molecular weight is 307 g/mol. The van der Waals surface area contributed by atoms with Gasteiger partial charge < -0.3 is 5.32 Å². The molecular weight excluding hydrogens is 290 g/mol. The van der Waals surface area contributed by atoms with Crippen LogP contribution in [0.1, 0.15) is 19.4 Å². The highest BCUT2D eigenvalue weighted by molar-refractivity contribution is 6.09. The van der Waals surface area contributed by atoms with Crippen molar-refractivity contribution in [2.45, 2.75) is 19.4 Å². The summed E-state index contributed by atoms with van der Waals surface area (Å²) >= 11 is 0. The number of nitrogens with one attached hydrogen (secondary N) is 1. The monoisotopic (exact) mass is 307 g/mol. The van der Waals surface area contributed by atoms with Crippen molar-refractivity contribution in [2.24, 2.45) is 5.92 Å². The van der Waals surface area contributed by atoms with E-state index in [-0.39, 0.29) is 12.5 Å². The summed E-state index contributed by atoms with van der Waals surface area (Å²) in [5.41, 5.74) is -0.353. The highest BCUT2D eigenvalue weighted by Gasteiger charge is 2.49. The van der Waals surface area contributed by atoms with Crippen LogP contribution in [0.2, 0.25) is 0 Å². The molecule has 2 aromatic carbocycles. The molecule has 1 aliphatic rings. The molecule has 0 aromatic heterocycles. The number of carbonyl (C=O) groups is 2. The molecule has 116 valence electrons. The lowest BCUT2D eigenvalue weighted by Gasteiger charge is -2.24. The molecule has 3 rings (SSSR count). The molecule has 2 atom stereocenters. The maximum Gasteiger partial charge on any atom is 0.325 e. The molecule has 0 unspecified atom stereocenters. The van der Waals surface area contributed by atoms with Crippen molar-refractivity contribution >= 4 is 22.7 Å². The number of nitriles is 1. The van der Waals surface area contributed by atoms with Crippen molar-refractivity contribution in [3.63, 3.8) is 0 Å². The summed E-state index contributed by atoms with van der Waals surface area (Å²) in [7, 11) is 0. The molecule has 23 heavy (non-hydrogen) atoms. The third kappa shape index (κ3) is 2.33. The third-order valence-electron chi connectivity index (χ3n) is 4.28. The predicted molar refractivity (Wildman–Crippen MR) is 86.3 cm³/mol. The Morgan fingerprint density at radius 3 is 2.65 bits per heavy atom. The van der Waals surface area contributed by atoms with Crippen LogP contribution in [0, 0.1) is 17.2 Å². The number of rotatable bonds is 3. The van der Waals surface area contributed by atoms with E-state index in [2.05, 4.69) is 11.4 Å². The summed E-state index contributed by atoms with van der Waals surface area (Å²) in [6.45, 7) is 3.50. The van der Waals surface area contributed by atoms with Crippen molar-refractivity contribution in [2.75, 3.05) is 6.54 Å². The van der Waals surface area contributed by atoms with E-state index in [4.69, 9.17) is 5.26 Å². The molecule has 0 spiro atoms. The van der Waals surface area contributed by atoms with Crippen molar-refractivity contribution in [3.8, 4) is 6.07 Å². The molecule has 0 aliphatic carbocycles. The van der Waals surface area contributed by atoms with Crippen LogP contribution in [0.5, 0.6) is 0 Å². The summed E-state index contributed by atoms with van der Waals surface area (Å²) in [6, 6.07) is 15.1. The minimum Gasteiger partial charge on any atom is -0.319 e. The molecule has 3 amide bonds. The summed E-state index contributed by atoms with van der Waals surface area (Å²) in [4.78, 5) is 26.2. The molecular formula is C18H17N3O2. The van der Waals surface area contributed by atoms with E-state index in [0.717, 1.165) is 21.2 Å². The number of benzene rings is 2. The molecule has 1 aliphatic heterocycles. The first kappa shape index (κ1) is 15.0. The lowest BCUT2D eigenvalue weighted by molar-refractivity contribution is -0.131. The second-order valence-electron chi connectivity index (χ2n) is 6.03. The van der Waals surface area contributed by atoms with E-state index in [1.165, 1.54) is 0 Å². The van der Waals surface area contributed by atoms with E-state index >= 15 is 0 Å². The van der Waals surface area contributed by atoms with E-state index < -0.39 is 17.5 Å². The minimum atomic E-state index is -1.12. The van der Waals surface area contributed by atoms with Crippen LogP contribution in [0.3, 0.4) is 0 Å². The minimum absolute atomic E-state index is 0.0987. The fourth-order valence-electron chi connectivity index (χ4n) is 3.02. The molecule has 0 radical (unpaired) electrons. The van der Waals surface area contributed by atoms with Gasteiger partial charge in [-0.15, -0.1) is 0 Å². The standard InChI is InChI=1S/C18H17N3O2/c1-12(10-19)11-21-16(22)18(2,20-17(21)23)15-9-5-7-13-6-3-4-8-14(13)15/h3-9,12H,11H2,1-2H3,(H,20,23)/t12-,18+/m1/s1. The van der Waals surface area contributed by atoms with Gasteiger partial charge in [0.2, 0.25) is 0 Å². The number of carbonyl (C=O) groups excluding carboxylic acids is 2. The molecule has 1 saturated heterocycles. The molecule has 1 N–H and O–H groups in total. The number of hydrogen-bond donors (Lipinski definition) is 1. The average Bonchev–Trinajstić information content (AvgIpc) is 2.78. The Hall–Kier alpha value is -2.87. The van der Waals surface area contributed by atoms with Gasteiger partial charge >= 0.3 is 6.03 Å². The topological polar surface area (TPSA) is 73.2 Å². The molecule has 2 aromatic rings. The third-order valence-corrected chi connectivity index (χ3v) is 4.28. The van der Waals surface area contributed by atoms with Gasteiger partial charge in [0.15, 0.2) is 0 Å². The lowest BCUT2D eigenvalue weighted by Crippen LogP contribution is -2.41. The zero-order valence-corrected chi connectivity index (χ0v) is 13.0. The van der Waals surface area contributed by atoms with E-state index in [1.54, 1.807) is 13.8 Å². The Bertz CT molecular complexity index is 834. The fraction of sp³-hybridized carbons (Fsp3) is 0.278. The quantitative estimate of drug-likeness (QED) is 0.886.